The number of carbonyl (C=O) groups excluding carboxylic acids is 1. The fraction of sp³-hybridized carbons (Fsp3) is 0.167. The van der Waals surface area contributed by atoms with Crippen LogP contribution in [0.15, 0.2) is 34.9 Å². The molecule has 0 aliphatic heterocycles. The van der Waals surface area contributed by atoms with Crippen molar-refractivity contribution in [2.45, 2.75) is 13.5 Å². The van der Waals surface area contributed by atoms with E-state index in [2.05, 4.69) is 20.8 Å². The average molecular weight is 393 g/mol. The van der Waals surface area contributed by atoms with Gasteiger partial charge < -0.3 is 15.2 Å². The molecule has 27 heavy (non-hydrogen) atoms. The van der Waals surface area contributed by atoms with Crippen LogP contribution in [0.25, 0.3) is 22.5 Å². The smallest absolute Gasteiger partial charge is 0.314 e. The summed E-state index contributed by atoms with van der Waals surface area (Å²) in [5, 5.41) is 8.78. The molecule has 0 aliphatic rings. The molecule has 6 nitrogen and oxygen atoms in total. The number of amides is 2. The number of aromatic nitrogens is 2. The third kappa shape index (κ3) is 4.06. The molecule has 0 aliphatic carbocycles. The Hall–Kier alpha value is -3.00. The Labute approximate surface area is 158 Å². The maximum atomic E-state index is 14.6. The van der Waals surface area contributed by atoms with E-state index in [4.69, 9.17) is 16.1 Å². The molecular formula is C18H15ClF2N4O2. The monoisotopic (exact) mass is 392 g/mol. The highest BCUT2D eigenvalue weighted by atomic mass is 35.5. The largest absolute Gasteiger partial charge is 0.341 e. The lowest BCUT2D eigenvalue weighted by molar-refractivity contribution is 0.242. The van der Waals surface area contributed by atoms with Crippen LogP contribution in [0.5, 0.6) is 0 Å². The molecule has 2 amide bonds. The molecule has 0 bridgehead atoms. The number of urea groups is 1. The summed E-state index contributed by atoms with van der Waals surface area (Å²) >= 11 is 5.98. The molecule has 2 N–H and O–H groups in total. The van der Waals surface area contributed by atoms with Gasteiger partial charge in [0.05, 0.1) is 5.56 Å². The first-order chi connectivity index (χ1) is 12.9. The van der Waals surface area contributed by atoms with E-state index >= 15 is 0 Å². The standard InChI is InChI=1S/C18H15ClF2N4O2/c1-9-24-17(25-27-9)16-13(6-12(19)7-15(16)21)10-3-4-11(14(20)5-10)8-23-18(26)22-2/h3-7H,8H2,1-2H3,(H2,22,23,26). The zero-order valence-corrected chi connectivity index (χ0v) is 15.2. The molecule has 0 radical (unpaired) electrons. The van der Waals surface area contributed by atoms with Gasteiger partial charge in [0.15, 0.2) is 0 Å². The maximum absolute atomic E-state index is 14.6. The number of benzene rings is 2. The minimum absolute atomic E-state index is 0.00653. The zero-order valence-electron chi connectivity index (χ0n) is 14.4. The predicted octanol–water partition coefficient (Wildman–Crippen LogP) is 4.07. The van der Waals surface area contributed by atoms with Crippen molar-refractivity contribution in [3.8, 4) is 22.5 Å². The van der Waals surface area contributed by atoms with Gasteiger partial charge in [0, 0.05) is 31.1 Å². The molecule has 0 atom stereocenters. The van der Waals surface area contributed by atoms with Gasteiger partial charge >= 0.3 is 6.03 Å². The fourth-order valence-corrected chi connectivity index (χ4v) is 2.76. The van der Waals surface area contributed by atoms with Gasteiger partial charge in [-0.1, -0.05) is 28.9 Å². The van der Waals surface area contributed by atoms with Crippen LogP contribution >= 0.6 is 11.6 Å². The van der Waals surface area contributed by atoms with E-state index in [-0.39, 0.29) is 34.4 Å². The summed E-state index contributed by atoms with van der Waals surface area (Å²) in [4.78, 5) is 15.3. The van der Waals surface area contributed by atoms with Crippen molar-refractivity contribution in [1.82, 2.24) is 20.8 Å². The Kier molecular flexibility index (Phi) is 5.36. The molecule has 1 heterocycles. The Morgan fingerprint density at radius 2 is 2.00 bits per heavy atom. The van der Waals surface area contributed by atoms with Gasteiger partial charge in [-0.15, -0.1) is 0 Å². The topological polar surface area (TPSA) is 80.0 Å². The molecule has 0 fully saturated rings. The molecule has 1 aromatic heterocycles. The first-order valence-electron chi connectivity index (χ1n) is 7.93. The number of nitrogens with one attached hydrogen (secondary N) is 2. The zero-order chi connectivity index (χ0) is 19.6. The van der Waals surface area contributed by atoms with Crippen molar-refractivity contribution in [2.75, 3.05) is 7.05 Å². The van der Waals surface area contributed by atoms with Crippen molar-refractivity contribution in [3.05, 3.63) is 58.4 Å². The van der Waals surface area contributed by atoms with E-state index in [1.54, 1.807) is 13.0 Å². The minimum Gasteiger partial charge on any atom is -0.341 e. The lowest BCUT2D eigenvalue weighted by Crippen LogP contribution is -2.32. The van der Waals surface area contributed by atoms with Crippen molar-refractivity contribution in [1.29, 1.82) is 0 Å². The molecule has 0 saturated heterocycles. The van der Waals surface area contributed by atoms with Crippen molar-refractivity contribution in [3.63, 3.8) is 0 Å². The predicted molar refractivity (Wildman–Crippen MR) is 96.1 cm³/mol. The van der Waals surface area contributed by atoms with Crippen molar-refractivity contribution in [2.24, 2.45) is 0 Å². The molecular weight excluding hydrogens is 378 g/mol. The third-order valence-corrected chi connectivity index (χ3v) is 4.05. The summed E-state index contributed by atoms with van der Waals surface area (Å²) in [5.41, 5.74) is 1.05. The number of aryl methyl sites for hydroxylation is 1. The molecule has 0 spiro atoms. The summed E-state index contributed by atoms with van der Waals surface area (Å²) < 4.78 is 34.0. The van der Waals surface area contributed by atoms with Gasteiger partial charge in [-0.2, -0.15) is 4.98 Å². The maximum Gasteiger partial charge on any atom is 0.314 e. The van der Waals surface area contributed by atoms with Gasteiger partial charge in [-0.3, -0.25) is 0 Å². The second-order valence-corrected chi connectivity index (χ2v) is 6.12. The van der Waals surface area contributed by atoms with Crippen LogP contribution in [0.4, 0.5) is 13.6 Å². The summed E-state index contributed by atoms with van der Waals surface area (Å²) in [6.45, 7) is 1.59. The number of carbonyl (C=O) groups is 1. The van der Waals surface area contributed by atoms with Crippen molar-refractivity contribution < 1.29 is 18.1 Å². The molecule has 0 unspecified atom stereocenters. The highest BCUT2D eigenvalue weighted by Crippen LogP contribution is 2.36. The van der Waals surface area contributed by atoms with E-state index in [1.807, 2.05) is 0 Å². The minimum atomic E-state index is -0.649. The normalized spacial score (nSPS) is 10.7. The van der Waals surface area contributed by atoms with E-state index in [0.29, 0.717) is 11.1 Å². The lowest BCUT2D eigenvalue weighted by Gasteiger charge is -2.11. The summed E-state index contributed by atoms with van der Waals surface area (Å²) in [6, 6.07) is 6.55. The van der Waals surface area contributed by atoms with E-state index in [9.17, 15) is 13.6 Å². The Bertz CT molecular complexity index is 1010. The number of rotatable bonds is 4. The van der Waals surface area contributed by atoms with Crippen LogP contribution in [0.1, 0.15) is 11.5 Å². The highest BCUT2D eigenvalue weighted by Gasteiger charge is 2.19. The molecule has 0 saturated carbocycles. The second-order valence-electron chi connectivity index (χ2n) is 5.69. The van der Waals surface area contributed by atoms with E-state index in [0.717, 1.165) is 6.07 Å². The van der Waals surface area contributed by atoms with E-state index in [1.165, 1.54) is 25.2 Å². The van der Waals surface area contributed by atoms with Gasteiger partial charge in [0.1, 0.15) is 11.6 Å². The SMILES string of the molecule is CNC(=O)NCc1ccc(-c2cc(Cl)cc(F)c2-c2noc(C)n2)cc1F. The van der Waals surface area contributed by atoms with Gasteiger partial charge in [-0.05, 0) is 29.3 Å². The molecule has 3 rings (SSSR count). The van der Waals surface area contributed by atoms with Crippen LogP contribution in [0.2, 0.25) is 5.02 Å². The molecule has 2 aromatic carbocycles. The number of halogens is 3. The summed E-state index contributed by atoms with van der Waals surface area (Å²) in [7, 11) is 1.46. The lowest BCUT2D eigenvalue weighted by atomic mass is 9.97. The third-order valence-electron chi connectivity index (χ3n) is 3.84. The van der Waals surface area contributed by atoms with Crippen LogP contribution in [0, 0.1) is 18.6 Å². The van der Waals surface area contributed by atoms with Crippen LogP contribution < -0.4 is 10.6 Å². The number of nitrogens with zero attached hydrogens (tertiary/aromatic N) is 2. The van der Waals surface area contributed by atoms with Crippen LogP contribution in [-0.4, -0.2) is 23.2 Å². The quantitative estimate of drug-likeness (QED) is 0.701. The van der Waals surface area contributed by atoms with Crippen LogP contribution in [0.3, 0.4) is 0 Å². The first kappa shape index (κ1) is 18.8. The summed E-state index contributed by atoms with van der Waals surface area (Å²) in [5.74, 6) is -0.891. The Morgan fingerprint density at radius 1 is 1.22 bits per heavy atom. The number of hydrogen-bond donors (Lipinski definition) is 2. The molecule has 140 valence electrons. The van der Waals surface area contributed by atoms with Gasteiger partial charge in [0.25, 0.3) is 0 Å². The van der Waals surface area contributed by atoms with Crippen molar-refractivity contribution >= 4 is 17.6 Å². The molecule has 3 aromatic rings. The first-order valence-corrected chi connectivity index (χ1v) is 8.31. The Balaban J connectivity index is 2.03. The van der Waals surface area contributed by atoms with E-state index < -0.39 is 17.7 Å². The highest BCUT2D eigenvalue weighted by molar-refractivity contribution is 6.31. The Morgan fingerprint density at radius 3 is 2.63 bits per heavy atom. The fourth-order valence-electron chi connectivity index (χ4n) is 2.55. The average Bonchev–Trinajstić information content (AvgIpc) is 3.05. The van der Waals surface area contributed by atoms with Crippen LogP contribution in [-0.2, 0) is 6.54 Å². The number of hydrogen-bond acceptors (Lipinski definition) is 4. The molecule has 9 heteroatoms. The van der Waals surface area contributed by atoms with Gasteiger partial charge in [-0.25, -0.2) is 13.6 Å². The van der Waals surface area contributed by atoms with Gasteiger partial charge in [0.2, 0.25) is 11.7 Å². The second kappa shape index (κ2) is 7.71. The summed E-state index contributed by atoms with van der Waals surface area (Å²) in [6.07, 6.45) is 0.